The lowest BCUT2D eigenvalue weighted by Gasteiger charge is -2.53. The predicted molar refractivity (Wildman–Crippen MR) is 175 cm³/mol. The van der Waals surface area contributed by atoms with Crippen LogP contribution in [-0.4, -0.2) is 63.8 Å². The third-order valence-corrected chi connectivity index (χ3v) is 9.66. The van der Waals surface area contributed by atoms with Crippen molar-refractivity contribution in [2.24, 2.45) is 5.41 Å². The predicted octanol–water partition coefficient (Wildman–Crippen LogP) is 8.22. The summed E-state index contributed by atoms with van der Waals surface area (Å²) in [7, 11) is 1.53. The molecule has 4 aromatic rings. The quantitative estimate of drug-likeness (QED) is 0.210. The monoisotopic (exact) mass is 677 g/mol. The zero-order valence-electron chi connectivity index (χ0n) is 27.8. The standard InChI is InChI=1S/C36H38F3N5O5/c1-34(2,3)49-32(45)42-20-35(21-42)16-13-23(14-17-35)44-27-8-6-5-7-25(27)29(41-44)26-15-18-40-31-28(26)30(36(37,38)39)48-33(46)43(31)19-22-9-11-24(47-4)12-10-22/h5-12,15,18,23,30H,13-14,16-17,19-21H2,1-4H3/t30-/m1/s1. The van der Waals surface area contributed by atoms with E-state index in [1.54, 1.807) is 29.2 Å². The minimum absolute atomic E-state index is 0.0142. The van der Waals surface area contributed by atoms with E-state index in [2.05, 4.69) is 4.98 Å². The van der Waals surface area contributed by atoms with E-state index >= 15 is 0 Å². The maximum Gasteiger partial charge on any atom is 0.430 e. The van der Waals surface area contributed by atoms with Crippen molar-refractivity contribution < 1.29 is 37.0 Å². The molecular formula is C36H38F3N5O5. The Kier molecular flexibility index (Phi) is 7.98. The molecule has 1 saturated carbocycles. The number of methoxy groups -OCH3 is 1. The smallest absolute Gasteiger partial charge is 0.430 e. The van der Waals surface area contributed by atoms with Crippen molar-refractivity contribution in [3.63, 3.8) is 0 Å². The second kappa shape index (κ2) is 12.0. The number of fused-ring (bicyclic) bond motifs is 2. The van der Waals surface area contributed by atoms with Crippen molar-refractivity contribution >= 4 is 28.9 Å². The number of hydrogen-bond donors (Lipinski definition) is 0. The molecule has 2 aromatic heterocycles. The SMILES string of the molecule is COc1ccc(CN2C(=O)O[C@@H](C(F)(F)F)c3c(-c4nn(C5CCC6(CC5)CN(C(=O)OC(C)(C)C)C6)c5ccccc45)ccnc32)cc1. The van der Waals surface area contributed by atoms with Gasteiger partial charge in [-0.05, 0) is 76.3 Å². The van der Waals surface area contributed by atoms with Crippen LogP contribution < -0.4 is 9.64 Å². The largest absolute Gasteiger partial charge is 0.497 e. The van der Waals surface area contributed by atoms with Gasteiger partial charge in [-0.3, -0.25) is 9.58 Å². The molecule has 1 atom stereocenters. The Morgan fingerprint density at radius 2 is 1.71 bits per heavy atom. The highest BCUT2D eigenvalue weighted by molar-refractivity contribution is 5.97. The number of anilines is 1. The van der Waals surface area contributed by atoms with Crippen LogP contribution >= 0.6 is 0 Å². The molecule has 49 heavy (non-hydrogen) atoms. The molecule has 13 heteroatoms. The number of pyridine rings is 1. The van der Waals surface area contributed by atoms with Gasteiger partial charge in [0.05, 0.1) is 30.8 Å². The number of nitrogens with zero attached hydrogens (tertiary/aromatic N) is 5. The second-order valence-corrected chi connectivity index (χ2v) is 14.2. The fourth-order valence-corrected chi connectivity index (χ4v) is 7.30. The fourth-order valence-electron chi connectivity index (χ4n) is 7.30. The van der Waals surface area contributed by atoms with Crippen LogP contribution in [0.15, 0.2) is 60.8 Å². The Morgan fingerprint density at radius 1 is 1.02 bits per heavy atom. The van der Waals surface area contributed by atoms with Gasteiger partial charge in [0.2, 0.25) is 6.10 Å². The van der Waals surface area contributed by atoms with Gasteiger partial charge < -0.3 is 19.1 Å². The van der Waals surface area contributed by atoms with Gasteiger partial charge >= 0.3 is 18.4 Å². The number of para-hydroxylation sites is 1. The molecule has 10 nitrogen and oxygen atoms in total. The highest BCUT2D eigenvalue weighted by atomic mass is 19.4. The van der Waals surface area contributed by atoms with Crippen LogP contribution in [-0.2, 0) is 16.0 Å². The summed E-state index contributed by atoms with van der Waals surface area (Å²) in [5.74, 6) is 0.485. The molecular weight excluding hydrogens is 639 g/mol. The molecule has 2 aliphatic heterocycles. The highest BCUT2D eigenvalue weighted by Crippen LogP contribution is 2.50. The molecule has 4 heterocycles. The van der Waals surface area contributed by atoms with Gasteiger partial charge in [0.1, 0.15) is 22.9 Å². The minimum atomic E-state index is -4.89. The molecule has 1 saturated heterocycles. The molecule has 0 radical (unpaired) electrons. The first-order chi connectivity index (χ1) is 23.2. The number of aromatic nitrogens is 3. The van der Waals surface area contributed by atoms with Crippen LogP contribution in [0.5, 0.6) is 5.75 Å². The normalized spacial score (nSPS) is 19.4. The summed E-state index contributed by atoms with van der Waals surface area (Å²) < 4.78 is 61.6. The van der Waals surface area contributed by atoms with Crippen molar-refractivity contribution in [2.75, 3.05) is 25.1 Å². The van der Waals surface area contributed by atoms with Gasteiger partial charge in [-0.1, -0.05) is 30.3 Å². The Bertz CT molecular complexity index is 1890. The first-order valence-corrected chi connectivity index (χ1v) is 16.4. The van der Waals surface area contributed by atoms with E-state index in [9.17, 15) is 22.8 Å². The third-order valence-electron chi connectivity index (χ3n) is 9.66. The van der Waals surface area contributed by atoms with Gasteiger partial charge in [-0.2, -0.15) is 18.3 Å². The fraction of sp³-hybridized carbons (Fsp3) is 0.444. The maximum atomic E-state index is 14.6. The van der Waals surface area contributed by atoms with Crippen molar-refractivity contribution in [3.8, 4) is 17.0 Å². The summed E-state index contributed by atoms with van der Waals surface area (Å²) in [6.07, 6.45) is -4.05. The number of amides is 2. The molecule has 0 unspecified atom stereocenters. The van der Waals surface area contributed by atoms with E-state index < -0.39 is 24.0 Å². The highest BCUT2D eigenvalue weighted by Gasteiger charge is 2.52. The Balaban J connectivity index is 1.21. The summed E-state index contributed by atoms with van der Waals surface area (Å²) in [5, 5.41) is 5.68. The maximum absolute atomic E-state index is 14.6. The van der Waals surface area contributed by atoms with Crippen molar-refractivity contribution in [1.82, 2.24) is 19.7 Å². The molecule has 3 aliphatic rings. The number of ether oxygens (including phenoxy) is 3. The van der Waals surface area contributed by atoms with E-state index in [0.29, 0.717) is 35.5 Å². The number of halogens is 3. The summed E-state index contributed by atoms with van der Waals surface area (Å²) in [5.41, 5.74) is 1.26. The second-order valence-electron chi connectivity index (χ2n) is 14.2. The summed E-state index contributed by atoms with van der Waals surface area (Å²) in [6, 6.07) is 15.9. The van der Waals surface area contributed by atoms with Gasteiger partial charge in [0.25, 0.3) is 0 Å². The Labute approximate surface area is 281 Å². The number of cyclic esters (lactones) is 1. The summed E-state index contributed by atoms with van der Waals surface area (Å²) >= 11 is 0. The Hall–Kier alpha value is -4.81. The van der Waals surface area contributed by atoms with E-state index in [-0.39, 0.29) is 41.0 Å². The van der Waals surface area contributed by atoms with Crippen LogP contribution in [0.1, 0.15) is 69.7 Å². The zero-order chi connectivity index (χ0) is 34.7. The lowest BCUT2D eigenvalue weighted by molar-refractivity contribution is -0.207. The van der Waals surface area contributed by atoms with E-state index in [0.717, 1.165) is 36.1 Å². The van der Waals surface area contributed by atoms with Crippen LogP contribution in [0.2, 0.25) is 0 Å². The third kappa shape index (κ3) is 6.15. The Morgan fingerprint density at radius 3 is 2.37 bits per heavy atom. The first kappa shape index (κ1) is 32.7. The molecule has 2 amide bonds. The lowest BCUT2D eigenvalue weighted by atomic mass is 9.67. The molecule has 2 fully saturated rings. The van der Waals surface area contributed by atoms with Gasteiger partial charge in [0.15, 0.2) is 0 Å². The minimum Gasteiger partial charge on any atom is -0.497 e. The van der Waals surface area contributed by atoms with Crippen molar-refractivity contribution in [1.29, 1.82) is 0 Å². The van der Waals surface area contributed by atoms with E-state index in [1.807, 2.05) is 49.7 Å². The molecule has 7 rings (SSSR count). The average Bonchev–Trinajstić information content (AvgIpc) is 3.43. The topological polar surface area (TPSA) is 99.0 Å². The van der Waals surface area contributed by atoms with Crippen LogP contribution in [0.25, 0.3) is 22.2 Å². The van der Waals surface area contributed by atoms with Crippen molar-refractivity contribution in [3.05, 3.63) is 71.9 Å². The number of carbonyl (C=O) groups is 2. The van der Waals surface area contributed by atoms with Gasteiger partial charge in [-0.25, -0.2) is 14.6 Å². The molecule has 0 bridgehead atoms. The number of carbonyl (C=O) groups excluding carboxylic acids is 2. The molecule has 1 spiro atoms. The van der Waals surface area contributed by atoms with Crippen LogP contribution in [0.4, 0.5) is 28.6 Å². The van der Waals surface area contributed by atoms with E-state index in [1.165, 1.54) is 19.4 Å². The summed E-state index contributed by atoms with van der Waals surface area (Å²) in [6.45, 7) is 6.79. The van der Waals surface area contributed by atoms with Crippen LogP contribution in [0.3, 0.4) is 0 Å². The van der Waals surface area contributed by atoms with Crippen molar-refractivity contribution in [2.45, 2.75) is 76.9 Å². The summed E-state index contributed by atoms with van der Waals surface area (Å²) in [4.78, 5) is 32.8. The first-order valence-electron chi connectivity index (χ1n) is 16.4. The number of hydrogen-bond acceptors (Lipinski definition) is 7. The number of benzene rings is 2. The van der Waals surface area contributed by atoms with Gasteiger partial charge in [-0.15, -0.1) is 0 Å². The van der Waals surface area contributed by atoms with Gasteiger partial charge in [0, 0.05) is 35.7 Å². The molecule has 0 N–H and O–H groups in total. The zero-order valence-corrected chi connectivity index (χ0v) is 27.8. The molecule has 1 aliphatic carbocycles. The number of alkyl halides is 3. The van der Waals surface area contributed by atoms with E-state index in [4.69, 9.17) is 19.3 Å². The average molecular weight is 678 g/mol. The number of rotatable bonds is 5. The molecule has 258 valence electrons. The molecule has 2 aromatic carbocycles. The van der Waals surface area contributed by atoms with Crippen LogP contribution in [0, 0.1) is 5.41 Å². The lowest BCUT2D eigenvalue weighted by Crippen LogP contribution is -2.60. The number of likely N-dealkylation sites (tertiary alicyclic amines) is 1.